The first-order valence-electron chi connectivity index (χ1n) is 12.8. The summed E-state index contributed by atoms with van der Waals surface area (Å²) in [5.41, 5.74) is 2.22. The second kappa shape index (κ2) is 13.0. The topological polar surface area (TPSA) is 108 Å². The monoisotopic (exact) mass is 574 g/mol. The van der Waals surface area contributed by atoms with Crippen LogP contribution in [0, 0.1) is 5.82 Å². The van der Waals surface area contributed by atoms with Crippen molar-refractivity contribution in [1.82, 2.24) is 9.29 Å². The van der Waals surface area contributed by atoms with Crippen LogP contribution in [0.4, 0.5) is 4.39 Å². The van der Waals surface area contributed by atoms with Gasteiger partial charge in [-0.15, -0.1) is 4.72 Å². The lowest BCUT2D eigenvalue weighted by Crippen LogP contribution is -2.30. The minimum absolute atomic E-state index is 0.224. The minimum Gasteiger partial charge on any atom is -0.598 e. The Morgan fingerprint density at radius 2 is 1.74 bits per heavy atom. The summed E-state index contributed by atoms with van der Waals surface area (Å²) >= 11 is -1.34. The van der Waals surface area contributed by atoms with Gasteiger partial charge in [-0.2, -0.15) is 0 Å². The van der Waals surface area contributed by atoms with Gasteiger partial charge < -0.3 is 9.12 Å². The molecule has 1 heterocycles. The third-order valence-corrected chi connectivity index (χ3v) is 9.98. The Kier molecular flexibility index (Phi) is 10.3. The fraction of sp³-hybridized carbons (Fsp3) is 0.379. The molecule has 0 aliphatic heterocycles. The average molecular weight is 575 g/mol. The first-order valence-corrected chi connectivity index (χ1v) is 15.9. The Morgan fingerprint density at radius 1 is 1.08 bits per heavy atom. The standard InChI is InChI=1S/C29H35FN2O5S2/c1-6-7-14-38(35)31-20(4)25-16-28(33)32(5)17-27(25)26-15-21(18-39(36,37)19(2)3)8-13-24(26)29(34)22-9-11-23(30)12-10-22/h8-13,15-17,19-20,31H,6-7,14,18H2,1-5H3/t20-,38?/m0/s1. The largest absolute Gasteiger partial charge is 0.598 e. The van der Waals surface area contributed by atoms with E-state index in [1.165, 1.54) is 34.9 Å². The molecule has 0 saturated heterocycles. The summed E-state index contributed by atoms with van der Waals surface area (Å²) in [4.78, 5) is 26.3. The summed E-state index contributed by atoms with van der Waals surface area (Å²) in [7, 11) is -1.86. The van der Waals surface area contributed by atoms with Gasteiger partial charge in [-0.05, 0) is 74.2 Å². The molecule has 0 spiro atoms. The Labute approximate surface area is 232 Å². The van der Waals surface area contributed by atoms with E-state index in [-0.39, 0.29) is 28.2 Å². The number of nitrogens with one attached hydrogen (secondary N) is 1. The van der Waals surface area contributed by atoms with E-state index in [4.69, 9.17) is 0 Å². The van der Waals surface area contributed by atoms with Crippen molar-refractivity contribution < 1.29 is 22.2 Å². The number of aryl methyl sites for hydroxylation is 1. The zero-order chi connectivity index (χ0) is 28.9. The third-order valence-electron chi connectivity index (χ3n) is 6.53. The molecule has 3 aromatic rings. The van der Waals surface area contributed by atoms with E-state index in [1.54, 1.807) is 52.2 Å². The molecule has 7 nitrogen and oxygen atoms in total. The number of hydrogen-bond donors (Lipinski definition) is 1. The summed E-state index contributed by atoms with van der Waals surface area (Å²) in [5, 5.41) is -0.586. The van der Waals surface area contributed by atoms with Gasteiger partial charge in [0.05, 0.1) is 17.0 Å². The molecule has 0 radical (unpaired) electrons. The van der Waals surface area contributed by atoms with Crippen molar-refractivity contribution in [2.75, 3.05) is 5.75 Å². The molecule has 1 N–H and O–H groups in total. The van der Waals surface area contributed by atoms with Crippen LogP contribution in [0.15, 0.2) is 59.5 Å². The van der Waals surface area contributed by atoms with E-state index >= 15 is 0 Å². The number of carbonyl (C=O) groups excluding carboxylic acids is 1. The zero-order valence-electron chi connectivity index (χ0n) is 22.9. The van der Waals surface area contributed by atoms with Gasteiger partial charge in [0, 0.05) is 47.4 Å². The predicted octanol–water partition coefficient (Wildman–Crippen LogP) is 4.86. The van der Waals surface area contributed by atoms with Crippen LogP contribution in [0.2, 0.25) is 0 Å². The number of unbranched alkanes of at least 4 members (excludes halogenated alkanes) is 1. The second-order valence-electron chi connectivity index (χ2n) is 9.91. The molecule has 39 heavy (non-hydrogen) atoms. The number of sulfone groups is 1. The van der Waals surface area contributed by atoms with E-state index in [0.717, 1.165) is 12.8 Å². The summed E-state index contributed by atoms with van der Waals surface area (Å²) in [6, 6.07) is 10.9. The lowest BCUT2D eigenvalue weighted by molar-refractivity contribution is 0.103. The van der Waals surface area contributed by atoms with E-state index in [2.05, 4.69) is 4.72 Å². The number of pyridine rings is 1. The highest BCUT2D eigenvalue weighted by atomic mass is 32.2. The highest BCUT2D eigenvalue weighted by Gasteiger charge is 2.24. The first kappa shape index (κ1) is 30.7. The molecular weight excluding hydrogens is 539 g/mol. The van der Waals surface area contributed by atoms with Crippen LogP contribution in [0.25, 0.3) is 11.1 Å². The Hall–Kier alpha value is -2.79. The van der Waals surface area contributed by atoms with Crippen LogP contribution < -0.4 is 10.3 Å². The highest BCUT2D eigenvalue weighted by Crippen LogP contribution is 2.33. The molecule has 0 aliphatic rings. The van der Waals surface area contributed by atoms with Gasteiger partial charge in [0.15, 0.2) is 15.6 Å². The SMILES string of the molecule is CCCC[S+]([O-])N[C@@H](C)c1cc(=O)n(C)cc1-c1cc(CS(=O)(=O)C(C)C)ccc1C(=O)c1ccc(F)cc1. The fourth-order valence-electron chi connectivity index (χ4n) is 4.08. The summed E-state index contributed by atoms with van der Waals surface area (Å²) in [6.45, 7) is 7.02. The fourth-order valence-corrected chi connectivity index (χ4v) is 6.25. The molecule has 0 saturated carbocycles. The van der Waals surface area contributed by atoms with Gasteiger partial charge in [-0.3, -0.25) is 9.59 Å². The van der Waals surface area contributed by atoms with Crippen LogP contribution >= 0.6 is 0 Å². The van der Waals surface area contributed by atoms with E-state index in [1.807, 2.05) is 6.92 Å². The Morgan fingerprint density at radius 3 is 2.36 bits per heavy atom. The van der Waals surface area contributed by atoms with Crippen molar-refractivity contribution in [3.63, 3.8) is 0 Å². The van der Waals surface area contributed by atoms with Crippen molar-refractivity contribution in [1.29, 1.82) is 0 Å². The first-order chi connectivity index (χ1) is 18.3. The number of halogens is 1. The number of aromatic nitrogens is 1. The minimum atomic E-state index is -3.44. The van der Waals surface area contributed by atoms with Crippen LogP contribution in [-0.4, -0.2) is 34.3 Å². The third kappa shape index (κ3) is 7.66. The molecule has 1 aromatic heterocycles. The molecule has 1 unspecified atom stereocenters. The molecule has 210 valence electrons. The number of carbonyl (C=O) groups is 1. The molecule has 0 amide bonds. The van der Waals surface area contributed by atoms with Gasteiger partial charge in [-0.1, -0.05) is 25.5 Å². The molecule has 0 aliphatic carbocycles. The predicted molar refractivity (Wildman–Crippen MR) is 154 cm³/mol. The summed E-state index contributed by atoms with van der Waals surface area (Å²) < 4.78 is 56.0. The Bertz CT molecular complexity index is 1480. The number of ketones is 1. The van der Waals surface area contributed by atoms with Gasteiger partial charge in [0.1, 0.15) is 11.6 Å². The van der Waals surface area contributed by atoms with E-state index < -0.39 is 38.3 Å². The normalized spacial score (nSPS) is 13.4. The Balaban J connectivity index is 2.22. The number of benzene rings is 2. The van der Waals surface area contributed by atoms with Crippen LogP contribution in [0.3, 0.4) is 0 Å². The number of nitrogens with zero attached hydrogens (tertiary/aromatic N) is 1. The molecule has 10 heteroatoms. The van der Waals surface area contributed by atoms with Crippen LogP contribution in [0.5, 0.6) is 0 Å². The molecule has 0 fully saturated rings. The van der Waals surface area contributed by atoms with Gasteiger partial charge >= 0.3 is 0 Å². The van der Waals surface area contributed by atoms with Crippen molar-refractivity contribution in [2.24, 2.45) is 7.05 Å². The molecule has 2 atom stereocenters. The zero-order valence-corrected chi connectivity index (χ0v) is 24.5. The van der Waals surface area contributed by atoms with Gasteiger partial charge in [0.2, 0.25) is 0 Å². The summed E-state index contributed by atoms with van der Waals surface area (Å²) in [5.74, 6) is -0.622. The van der Waals surface area contributed by atoms with Crippen molar-refractivity contribution in [3.05, 3.63) is 93.2 Å². The van der Waals surface area contributed by atoms with Crippen molar-refractivity contribution in [2.45, 2.75) is 57.6 Å². The quantitative estimate of drug-likeness (QED) is 0.245. The van der Waals surface area contributed by atoms with Crippen molar-refractivity contribution in [3.8, 4) is 11.1 Å². The lowest BCUT2D eigenvalue weighted by atomic mass is 9.89. The number of rotatable bonds is 12. The lowest BCUT2D eigenvalue weighted by Gasteiger charge is -2.22. The maximum absolute atomic E-state index is 13.6. The van der Waals surface area contributed by atoms with Gasteiger partial charge in [-0.25, -0.2) is 12.8 Å². The molecule has 3 rings (SSSR count). The summed E-state index contributed by atoms with van der Waals surface area (Å²) in [6.07, 6.45) is 3.26. The van der Waals surface area contributed by atoms with Crippen molar-refractivity contribution >= 4 is 27.0 Å². The van der Waals surface area contributed by atoms with Gasteiger partial charge in [0.25, 0.3) is 5.56 Å². The molecule has 2 aromatic carbocycles. The van der Waals surface area contributed by atoms with E-state index in [9.17, 15) is 27.0 Å². The van der Waals surface area contributed by atoms with Crippen LogP contribution in [0.1, 0.15) is 73.6 Å². The second-order valence-corrected chi connectivity index (χ2v) is 13.8. The molecular formula is C29H35FN2O5S2. The average Bonchev–Trinajstić information content (AvgIpc) is 2.88. The maximum Gasteiger partial charge on any atom is 0.250 e. The maximum atomic E-state index is 13.6. The smallest absolute Gasteiger partial charge is 0.250 e. The highest BCUT2D eigenvalue weighted by molar-refractivity contribution is 7.91. The van der Waals surface area contributed by atoms with Crippen LogP contribution in [-0.2, 0) is 34.0 Å². The van der Waals surface area contributed by atoms with E-state index in [0.29, 0.717) is 28.0 Å². The molecule has 0 bridgehead atoms. The number of hydrogen-bond acceptors (Lipinski definition) is 6.